The van der Waals surface area contributed by atoms with E-state index in [4.69, 9.17) is 11.5 Å². The Kier molecular flexibility index (Phi) is 16.5. The zero-order valence-electron chi connectivity index (χ0n) is 23.3. The number of carboxylic acid groups (broad SMARTS) is 1. The van der Waals surface area contributed by atoms with Gasteiger partial charge in [0.15, 0.2) is 5.96 Å². The molecule has 39 heavy (non-hydrogen) atoms. The van der Waals surface area contributed by atoms with E-state index in [2.05, 4.69) is 31.6 Å². The number of nitrogens with two attached hydrogens (primary N) is 2. The average Bonchev–Trinajstić information content (AvgIpc) is 2.82. The molecule has 0 aliphatic rings. The number of nitrogens with one attached hydrogen (secondary N) is 5. The average molecular weight is 557 g/mol. The van der Waals surface area contributed by atoms with Crippen molar-refractivity contribution in [3.63, 3.8) is 0 Å². The summed E-state index contributed by atoms with van der Waals surface area (Å²) in [6.07, 6.45) is 1.40. The first kappa shape index (κ1) is 35.1. The topological polar surface area (TPSA) is 247 Å². The molecule has 0 radical (unpaired) electrons. The molecule has 0 rings (SSSR count). The third-order valence-electron chi connectivity index (χ3n) is 5.39. The number of hydrogen-bond acceptors (Lipinski definition) is 7. The highest BCUT2D eigenvalue weighted by atomic mass is 16.4. The minimum Gasteiger partial charge on any atom is -0.480 e. The van der Waals surface area contributed by atoms with Crippen LogP contribution in [0.2, 0.25) is 0 Å². The van der Waals surface area contributed by atoms with Crippen LogP contribution < -0.4 is 38.1 Å². The number of rotatable bonds is 19. The number of nitrogens with zero attached hydrogens (tertiary/aromatic N) is 1. The number of carboxylic acids is 1. The number of aliphatic carboxylic acids is 1. The maximum absolute atomic E-state index is 12.9. The Morgan fingerprint density at radius 1 is 0.821 bits per heavy atom. The third kappa shape index (κ3) is 15.8. The lowest BCUT2D eigenvalue weighted by Gasteiger charge is -2.24. The number of aliphatic imine (C=N–C) groups is 1. The van der Waals surface area contributed by atoms with Crippen LogP contribution in [0.25, 0.3) is 0 Å². The van der Waals surface area contributed by atoms with Gasteiger partial charge in [0.1, 0.15) is 24.2 Å². The van der Waals surface area contributed by atoms with Crippen LogP contribution >= 0.6 is 0 Å². The van der Waals surface area contributed by atoms with Crippen molar-refractivity contribution >= 4 is 42.0 Å². The lowest BCUT2D eigenvalue weighted by Crippen LogP contribution is -2.56. The van der Waals surface area contributed by atoms with Crippen molar-refractivity contribution in [2.45, 2.75) is 84.5 Å². The van der Waals surface area contributed by atoms with Crippen molar-refractivity contribution in [1.82, 2.24) is 26.6 Å². The zero-order valence-corrected chi connectivity index (χ0v) is 23.3. The predicted molar refractivity (Wildman–Crippen MR) is 144 cm³/mol. The van der Waals surface area contributed by atoms with E-state index in [9.17, 15) is 33.9 Å². The molecule has 0 unspecified atom stereocenters. The Labute approximate surface area is 228 Å². The molecule has 10 N–H and O–H groups in total. The van der Waals surface area contributed by atoms with E-state index >= 15 is 0 Å². The fourth-order valence-electron chi connectivity index (χ4n) is 3.48. The molecule has 15 heteroatoms. The summed E-state index contributed by atoms with van der Waals surface area (Å²) in [5.41, 5.74) is 10.5. The molecular formula is C24H44N8O7. The van der Waals surface area contributed by atoms with Gasteiger partial charge in [-0.05, 0) is 44.4 Å². The molecule has 0 aromatic heterocycles. The van der Waals surface area contributed by atoms with Gasteiger partial charge in [-0.3, -0.25) is 29.0 Å². The number of carbonyl (C=O) groups excluding carboxylic acids is 5. The van der Waals surface area contributed by atoms with Gasteiger partial charge in [-0.15, -0.1) is 0 Å². The summed E-state index contributed by atoms with van der Waals surface area (Å²) in [5, 5.41) is 21.7. The molecule has 0 heterocycles. The molecule has 0 aliphatic carbocycles. The zero-order chi connectivity index (χ0) is 30.1. The van der Waals surface area contributed by atoms with Gasteiger partial charge in [-0.25, -0.2) is 4.79 Å². The van der Waals surface area contributed by atoms with E-state index in [1.165, 1.54) is 6.92 Å². The molecule has 5 amide bonds. The Balaban J connectivity index is 5.07. The number of carbonyl (C=O) groups is 6. The van der Waals surface area contributed by atoms with Crippen molar-refractivity contribution in [3.8, 4) is 0 Å². The first-order valence-electron chi connectivity index (χ1n) is 12.8. The van der Waals surface area contributed by atoms with E-state index in [0.717, 1.165) is 0 Å². The molecule has 15 nitrogen and oxygen atoms in total. The summed E-state index contributed by atoms with van der Waals surface area (Å²) >= 11 is 0. The van der Waals surface area contributed by atoms with Crippen LogP contribution in [0.3, 0.4) is 0 Å². The van der Waals surface area contributed by atoms with Crippen molar-refractivity contribution in [2.24, 2.45) is 28.3 Å². The van der Waals surface area contributed by atoms with Gasteiger partial charge in [0.05, 0.1) is 6.54 Å². The maximum Gasteiger partial charge on any atom is 0.326 e. The lowest BCUT2D eigenvalue weighted by atomic mass is 10.0. The molecule has 0 saturated carbocycles. The number of hydrogen-bond donors (Lipinski definition) is 8. The summed E-state index contributed by atoms with van der Waals surface area (Å²) in [6.45, 7) is 8.59. The van der Waals surface area contributed by atoms with Crippen molar-refractivity contribution in [1.29, 1.82) is 0 Å². The molecule has 0 saturated heterocycles. The van der Waals surface area contributed by atoms with Crippen molar-refractivity contribution in [3.05, 3.63) is 0 Å². The first-order chi connectivity index (χ1) is 18.2. The second kappa shape index (κ2) is 18.4. The molecule has 222 valence electrons. The van der Waals surface area contributed by atoms with Crippen LogP contribution in [0.5, 0.6) is 0 Å². The summed E-state index contributed by atoms with van der Waals surface area (Å²) in [7, 11) is 0. The Bertz CT molecular complexity index is 875. The minimum atomic E-state index is -1.25. The molecule has 0 fully saturated rings. The van der Waals surface area contributed by atoms with Gasteiger partial charge in [0, 0.05) is 6.54 Å². The van der Waals surface area contributed by atoms with Gasteiger partial charge >= 0.3 is 5.97 Å². The summed E-state index contributed by atoms with van der Waals surface area (Å²) < 4.78 is 0. The van der Waals surface area contributed by atoms with Crippen molar-refractivity contribution < 1.29 is 33.9 Å². The maximum atomic E-state index is 12.9. The smallest absolute Gasteiger partial charge is 0.326 e. The van der Waals surface area contributed by atoms with Gasteiger partial charge in [0.2, 0.25) is 30.0 Å². The van der Waals surface area contributed by atoms with Gasteiger partial charge < -0.3 is 43.2 Å². The SMILES string of the molecule is CC(C)C[C@H](NC=O)C(=O)NCC(=O)N[C@@H](CC(C)C)C(=O)N[C@@H](C)C(=O)N[C@@H](CCCN=C(N)N)C(=O)O. The Morgan fingerprint density at radius 3 is 1.92 bits per heavy atom. The predicted octanol–water partition coefficient (Wildman–Crippen LogP) is -2.08. The Hall–Kier alpha value is -3.91. The highest BCUT2D eigenvalue weighted by Gasteiger charge is 2.28. The van der Waals surface area contributed by atoms with Crippen molar-refractivity contribution in [2.75, 3.05) is 13.1 Å². The fourth-order valence-corrected chi connectivity index (χ4v) is 3.48. The lowest BCUT2D eigenvalue weighted by molar-refractivity contribution is -0.142. The highest BCUT2D eigenvalue weighted by molar-refractivity contribution is 5.94. The monoisotopic (exact) mass is 556 g/mol. The van der Waals surface area contributed by atoms with E-state index in [-0.39, 0.29) is 37.2 Å². The summed E-state index contributed by atoms with van der Waals surface area (Å²) in [6, 6.07) is -4.13. The van der Waals surface area contributed by atoms with Gasteiger partial charge in [-0.2, -0.15) is 0 Å². The van der Waals surface area contributed by atoms with Crippen LogP contribution in [0, 0.1) is 11.8 Å². The molecule has 0 aliphatic heterocycles. The standard InChI is InChI=1S/C24H44N8O7/c1-13(2)9-17(29-12-33)21(36)28-11-19(34)31-18(10-14(3)4)22(37)30-15(5)20(35)32-16(23(38)39)7-6-8-27-24(25)26/h12-18H,6-11H2,1-5H3,(H,28,36)(H,29,33)(H,30,37)(H,31,34)(H,32,35)(H,38,39)(H4,25,26,27)/t15-,16-,17-,18-/m0/s1. The fraction of sp³-hybridized carbons (Fsp3) is 0.708. The van der Waals surface area contributed by atoms with Gasteiger partial charge in [0.25, 0.3) is 0 Å². The van der Waals surface area contributed by atoms with E-state index in [1.54, 1.807) is 0 Å². The van der Waals surface area contributed by atoms with Crippen LogP contribution in [-0.4, -0.2) is 84.3 Å². The normalized spacial score (nSPS) is 13.8. The second-order valence-corrected chi connectivity index (χ2v) is 10.0. The van der Waals surface area contributed by atoms with Crippen LogP contribution in [0.4, 0.5) is 0 Å². The van der Waals surface area contributed by atoms with E-state index in [0.29, 0.717) is 19.3 Å². The molecule has 0 bridgehead atoms. The van der Waals surface area contributed by atoms with Crippen LogP contribution in [0.15, 0.2) is 4.99 Å². The molecular weight excluding hydrogens is 512 g/mol. The summed E-state index contributed by atoms with van der Waals surface area (Å²) in [4.78, 5) is 76.3. The molecule has 0 aromatic carbocycles. The third-order valence-corrected chi connectivity index (χ3v) is 5.39. The van der Waals surface area contributed by atoms with Crippen LogP contribution in [-0.2, 0) is 28.8 Å². The molecule has 4 atom stereocenters. The first-order valence-corrected chi connectivity index (χ1v) is 12.8. The van der Waals surface area contributed by atoms with Gasteiger partial charge in [-0.1, -0.05) is 27.7 Å². The minimum absolute atomic E-state index is 0.00593. The number of amides is 5. The molecule has 0 aromatic rings. The molecule has 0 spiro atoms. The van der Waals surface area contributed by atoms with E-state index in [1.807, 2.05) is 27.7 Å². The second-order valence-electron chi connectivity index (χ2n) is 10.0. The largest absolute Gasteiger partial charge is 0.480 e. The van der Waals surface area contributed by atoms with Crippen LogP contribution in [0.1, 0.15) is 60.3 Å². The highest BCUT2D eigenvalue weighted by Crippen LogP contribution is 2.07. The summed E-state index contributed by atoms with van der Waals surface area (Å²) in [5.74, 6) is -3.81. The quantitative estimate of drug-likeness (QED) is 0.0376. The number of guanidine groups is 1. The van der Waals surface area contributed by atoms with E-state index < -0.39 is 60.3 Å². The Morgan fingerprint density at radius 2 is 1.41 bits per heavy atom.